The molecule has 192 valence electrons. The van der Waals surface area contributed by atoms with Gasteiger partial charge in [-0.1, -0.05) is 41.7 Å². The number of thioether (sulfide) groups is 1. The summed E-state index contributed by atoms with van der Waals surface area (Å²) in [5, 5.41) is 6.86. The molecule has 0 aliphatic heterocycles. The molecule has 0 aliphatic rings. The molecular formula is C28H28FN3O3S2. The Kier molecular flexibility index (Phi) is 8.78. The molecular weight excluding hydrogens is 509 g/mol. The number of fused-ring (bicyclic) bond motifs is 1. The van der Waals surface area contributed by atoms with Crippen molar-refractivity contribution in [2.45, 2.75) is 25.9 Å². The molecule has 0 unspecified atom stereocenters. The van der Waals surface area contributed by atoms with Crippen molar-refractivity contribution in [3.8, 4) is 11.1 Å². The number of hydrogen-bond acceptors (Lipinski definition) is 7. The van der Waals surface area contributed by atoms with Crippen LogP contribution >= 0.6 is 23.1 Å². The Morgan fingerprint density at radius 3 is 2.68 bits per heavy atom. The number of carbonyl (C=O) groups excluding carboxylic acids is 2. The summed E-state index contributed by atoms with van der Waals surface area (Å²) in [4.78, 5) is 30.2. The third kappa shape index (κ3) is 6.47. The van der Waals surface area contributed by atoms with Gasteiger partial charge in [-0.15, -0.1) is 0 Å². The minimum absolute atomic E-state index is 0.290. The molecule has 1 heterocycles. The quantitative estimate of drug-likeness (QED) is 0.240. The third-order valence-electron chi connectivity index (χ3n) is 5.96. The predicted molar refractivity (Wildman–Crippen MR) is 150 cm³/mol. The van der Waals surface area contributed by atoms with E-state index in [2.05, 4.69) is 15.6 Å². The Hall–Kier alpha value is -3.43. The first-order chi connectivity index (χ1) is 17.9. The van der Waals surface area contributed by atoms with Gasteiger partial charge in [-0.3, -0.25) is 4.79 Å². The van der Waals surface area contributed by atoms with E-state index in [-0.39, 0.29) is 11.7 Å². The molecule has 1 atom stereocenters. The van der Waals surface area contributed by atoms with Gasteiger partial charge in [-0.05, 0) is 77.9 Å². The van der Waals surface area contributed by atoms with Crippen molar-refractivity contribution in [1.29, 1.82) is 0 Å². The fourth-order valence-electron chi connectivity index (χ4n) is 4.01. The highest BCUT2D eigenvalue weighted by Gasteiger charge is 2.24. The van der Waals surface area contributed by atoms with E-state index >= 15 is 0 Å². The lowest BCUT2D eigenvalue weighted by Gasteiger charge is -2.19. The highest BCUT2D eigenvalue weighted by Crippen LogP contribution is 2.30. The van der Waals surface area contributed by atoms with Gasteiger partial charge in [0, 0.05) is 12.1 Å². The Morgan fingerprint density at radius 1 is 1.11 bits per heavy atom. The molecule has 1 amide bonds. The van der Waals surface area contributed by atoms with Crippen LogP contribution < -0.4 is 10.6 Å². The molecule has 0 saturated heterocycles. The lowest BCUT2D eigenvalue weighted by atomic mass is 9.93. The van der Waals surface area contributed by atoms with Crippen LogP contribution in [0, 0.1) is 12.7 Å². The van der Waals surface area contributed by atoms with Crippen molar-refractivity contribution in [3.63, 3.8) is 0 Å². The van der Waals surface area contributed by atoms with Gasteiger partial charge in [0.2, 0.25) is 0 Å². The first-order valence-corrected chi connectivity index (χ1v) is 14.0. The molecule has 4 aromatic rings. The minimum atomic E-state index is -0.722. The number of benzene rings is 3. The predicted octanol–water partition coefficient (Wildman–Crippen LogP) is 6.05. The van der Waals surface area contributed by atoms with Crippen LogP contribution in [0.15, 0.2) is 60.7 Å². The summed E-state index contributed by atoms with van der Waals surface area (Å²) >= 11 is 2.99. The van der Waals surface area contributed by atoms with Crippen LogP contribution in [0.2, 0.25) is 0 Å². The van der Waals surface area contributed by atoms with Crippen LogP contribution in [0.4, 0.5) is 9.52 Å². The molecule has 1 aromatic heterocycles. The maximum atomic E-state index is 13.5. The molecule has 0 saturated carbocycles. The molecule has 9 heteroatoms. The van der Waals surface area contributed by atoms with E-state index in [0.29, 0.717) is 29.4 Å². The molecule has 0 bridgehead atoms. The zero-order valence-corrected chi connectivity index (χ0v) is 22.5. The molecule has 6 nitrogen and oxygen atoms in total. The summed E-state index contributed by atoms with van der Waals surface area (Å²) in [6, 6.07) is 17.3. The molecule has 4 rings (SSSR count). The Bertz CT molecular complexity index is 1420. The number of nitrogens with zero attached hydrogens (tertiary/aromatic N) is 1. The van der Waals surface area contributed by atoms with Gasteiger partial charge in [0.1, 0.15) is 11.9 Å². The number of ether oxygens (including phenoxy) is 1. The van der Waals surface area contributed by atoms with Crippen molar-refractivity contribution in [2.75, 3.05) is 24.4 Å². The summed E-state index contributed by atoms with van der Waals surface area (Å²) in [6.07, 6.45) is 2.43. The van der Waals surface area contributed by atoms with E-state index < -0.39 is 12.0 Å². The highest BCUT2D eigenvalue weighted by molar-refractivity contribution is 7.98. The molecule has 0 spiro atoms. The molecule has 0 fully saturated rings. The van der Waals surface area contributed by atoms with Crippen LogP contribution in [0.1, 0.15) is 27.9 Å². The number of halogens is 1. The zero-order chi connectivity index (χ0) is 26.4. The number of anilines is 1. The third-order valence-corrected chi connectivity index (χ3v) is 7.58. The van der Waals surface area contributed by atoms with Gasteiger partial charge in [0.15, 0.2) is 5.13 Å². The molecule has 2 N–H and O–H groups in total. The van der Waals surface area contributed by atoms with Crippen molar-refractivity contribution < 1.29 is 18.7 Å². The number of aryl methyl sites for hydroxylation is 1. The summed E-state index contributed by atoms with van der Waals surface area (Å²) in [7, 11) is 1.32. The number of carbonyl (C=O) groups is 2. The maximum Gasteiger partial charge on any atom is 0.328 e. The van der Waals surface area contributed by atoms with Crippen LogP contribution in [-0.4, -0.2) is 42.0 Å². The fraction of sp³-hybridized carbons (Fsp3) is 0.250. The van der Waals surface area contributed by atoms with Gasteiger partial charge < -0.3 is 15.4 Å². The molecule has 0 radical (unpaired) electrons. The van der Waals surface area contributed by atoms with Crippen LogP contribution in [0.3, 0.4) is 0 Å². The molecule has 3 aromatic carbocycles. The van der Waals surface area contributed by atoms with Crippen LogP contribution in [0.25, 0.3) is 21.3 Å². The Balaban J connectivity index is 1.62. The largest absolute Gasteiger partial charge is 0.467 e. The lowest BCUT2D eigenvalue weighted by molar-refractivity contribution is -0.142. The monoisotopic (exact) mass is 537 g/mol. The first-order valence-electron chi connectivity index (χ1n) is 11.8. The fourth-order valence-corrected chi connectivity index (χ4v) is 5.37. The number of amides is 1. The van der Waals surface area contributed by atoms with Crippen molar-refractivity contribution in [1.82, 2.24) is 10.3 Å². The topological polar surface area (TPSA) is 80.3 Å². The van der Waals surface area contributed by atoms with Gasteiger partial charge in [-0.2, -0.15) is 11.8 Å². The second kappa shape index (κ2) is 12.2. The SMILES string of the molecule is COC(=O)[C@H](CCSC)NC(=O)c1ccc(CNc2nc3ccc(F)cc3s2)cc1-c1ccccc1C. The van der Waals surface area contributed by atoms with Crippen molar-refractivity contribution in [3.05, 3.63) is 83.2 Å². The lowest BCUT2D eigenvalue weighted by Crippen LogP contribution is -2.42. The second-order valence-electron chi connectivity index (χ2n) is 8.51. The Morgan fingerprint density at radius 2 is 1.92 bits per heavy atom. The Labute approximate surface area is 223 Å². The van der Waals surface area contributed by atoms with Crippen molar-refractivity contribution >= 4 is 50.3 Å². The zero-order valence-electron chi connectivity index (χ0n) is 20.8. The van der Waals surface area contributed by atoms with Gasteiger partial charge in [-0.25, -0.2) is 14.2 Å². The summed E-state index contributed by atoms with van der Waals surface area (Å²) < 4.78 is 19.2. The van der Waals surface area contributed by atoms with Gasteiger partial charge in [0.05, 0.1) is 17.3 Å². The normalized spacial score (nSPS) is 11.8. The number of methoxy groups -OCH3 is 1. The average molecular weight is 538 g/mol. The van der Waals surface area contributed by atoms with E-state index in [1.54, 1.807) is 23.9 Å². The van der Waals surface area contributed by atoms with Gasteiger partial charge >= 0.3 is 5.97 Å². The average Bonchev–Trinajstić information content (AvgIpc) is 3.31. The van der Waals surface area contributed by atoms with E-state index in [0.717, 1.165) is 32.5 Å². The van der Waals surface area contributed by atoms with Crippen LogP contribution in [-0.2, 0) is 16.1 Å². The summed E-state index contributed by atoms with van der Waals surface area (Å²) in [6.45, 7) is 2.47. The van der Waals surface area contributed by atoms with E-state index in [1.807, 2.05) is 49.6 Å². The maximum absolute atomic E-state index is 13.5. The minimum Gasteiger partial charge on any atom is -0.467 e. The number of aromatic nitrogens is 1. The summed E-state index contributed by atoms with van der Waals surface area (Å²) in [5.41, 5.74) is 4.90. The van der Waals surface area contributed by atoms with E-state index in [4.69, 9.17) is 4.74 Å². The van der Waals surface area contributed by atoms with Gasteiger partial charge in [0.25, 0.3) is 5.91 Å². The van der Waals surface area contributed by atoms with E-state index in [9.17, 15) is 14.0 Å². The number of rotatable bonds is 10. The van der Waals surface area contributed by atoms with Crippen molar-refractivity contribution in [2.24, 2.45) is 0 Å². The number of hydrogen-bond donors (Lipinski definition) is 2. The highest BCUT2D eigenvalue weighted by atomic mass is 32.2. The first kappa shape index (κ1) is 26.6. The molecule has 0 aliphatic carbocycles. The van der Waals surface area contributed by atoms with E-state index in [1.165, 1.54) is 30.6 Å². The second-order valence-corrected chi connectivity index (χ2v) is 10.5. The number of thiazole rings is 1. The standard InChI is InChI=1S/C28H28FN3O3S2/c1-17-6-4-5-7-20(17)22-14-18(16-30-28-32-23-11-9-19(29)15-25(23)37-28)8-10-21(22)26(33)31-24(12-13-36-3)27(34)35-2/h4-11,14-15,24H,12-13,16H2,1-3H3,(H,30,32)(H,31,33)/t24-/m0/s1. The smallest absolute Gasteiger partial charge is 0.328 e. The number of esters is 1. The molecule has 37 heavy (non-hydrogen) atoms. The summed E-state index contributed by atoms with van der Waals surface area (Å²) in [5.74, 6) is -0.366. The number of nitrogens with one attached hydrogen (secondary N) is 2. The van der Waals surface area contributed by atoms with Crippen LogP contribution in [0.5, 0.6) is 0 Å².